The predicted octanol–water partition coefficient (Wildman–Crippen LogP) is 5.86. The van der Waals surface area contributed by atoms with Crippen LogP contribution >= 0.6 is 0 Å². The normalized spacial score (nSPS) is 12.4. The van der Waals surface area contributed by atoms with Crippen molar-refractivity contribution in [2.45, 2.75) is 13.8 Å². The minimum atomic E-state index is -0.502. The minimum absolute atomic E-state index is 0.00716. The molecule has 34 heavy (non-hydrogen) atoms. The average Bonchev–Trinajstić information content (AvgIpc) is 2.86. The highest BCUT2D eigenvalue weighted by Crippen LogP contribution is 2.43. The number of nitrogens with zero attached hydrogens (tertiary/aromatic N) is 4. The summed E-state index contributed by atoms with van der Waals surface area (Å²) in [5.74, 6) is 0.596. The van der Waals surface area contributed by atoms with E-state index in [1.807, 2.05) is 54.3 Å². The van der Waals surface area contributed by atoms with E-state index < -0.39 is 10.9 Å². The molecule has 0 bridgehead atoms. The van der Waals surface area contributed by atoms with Crippen LogP contribution < -0.4 is 4.90 Å². The standard InChI is InChI=1S/C26H20N4O4/c1-3-34-26(31)22-15-20-16(2)9-14-21-23(20)25(28-22)29(18-7-5-4-6-8-18)24(27-21)17-10-12-19(13-11-17)30(32)33/h4-15H,3H2,1-2H3. The molecule has 5 rings (SSSR count). The number of amidine groups is 1. The van der Waals surface area contributed by atoms with Crippen LogP contribution in [0.25, 0.3) is 10.8 Å². The number of anilines is 2. The lowest BCUT2D eigenvalue weighted by atomic mass is 10.0. The van der Waals surface area contributed by atoms with Gasteiger partial charge >= 0.3 is 5.97 Å². The van der Waals surface area contributed by atoms with E-state index in [0.717, 1.165) is 22.0 Å². The van der Waals surface area contributed by atoms with Gasteiger partial charge in [-0.05, 0) is 61.2 Å². The van der Waals surface area contributed by atoms with E-state index in [1.54, 1.807) is 25.1 Å². The van der Waals surface area contributed by atoms with Gasteiger partial charge in [0, 0.05) is 23.4 Å². The monoisotopic (exact) mass is 452 g/mol. The van der Waals surface area contributed by atoms with Gasteiger partial charge in [0.1, 0.15) is 11.7 Å². The summed E-state index contributed by atoms with van der Waals surface area (Å²) in [5, 5.41) is 12.8. The van der Waals surface area contributed by atoms with Gasteiger partial charge in [0.15, 0.2) is 5.69 Å². The maximum Gasteiger partial charge on any atom is 0.357 e. The van der Waals surface area contributed by atoms with Crippen molar-refractivity contribution in [3.8, 4) is 0 Å². The lowest BCUT2D eigenvalue weighted by Gasteiger charge is -2.31. The van der Waals surface area contributed by atoms with E-state index in [2.05, 4.69) is 0 Å². The van der Waals surface area contributed by atoms with Crippen molar-refractivity contribution in [1.82, 2.24) is 4.98 Å². The second-order valence-corrected chi connectivity index (χ2v) is 7.79. The number of carbonyl (C=O) groups is 1. The molecule has 0 saturated carbocycles. The van der Waals surface area contributed by atoms with Gasteiger partial charge in [-0.3, -0.25) is 15.0 Å². The molecule has 1 aliphatic rings. The lowest BCUT2D eigenvalue weighted by molar-refractivity contribution is -0.384. The van der Waals surface area contributed by atoms with Crippen molar-refractivity contribution >= 4 is 45.5 Å². The first-order chi connectivity index (χ1) is 16.5. The quantitative estimate of drug-likeness (QED) is 0.214. The first kappa shape index (κ1) is 21.3. The molecule has 3 aromatic carbocycles. The number of nitro benzene ring substituents is 1. The summed E-state index contributed by atoms with van der Waals surface area (Å²) in [4.78, 5) is 34.9. The van der Waals surface area contributed by atoms with Gasteiger partial charge in [0.2, 0.25) is 0 Å². The summed E-state index contributed by atoms with van der Waals surface area (Å²) in [6.07, 6.45) is 0. The number of aromatic nitrogens is 1. The predicted molar refractivity (Wildman–Crippen MR) is 130 cm³/mol. The molecule has 1 aromatic heterocycles. The molecule has 0 aliphatic carbocycles. The first-order valence-electron chi connectivity index (χ1n) is 10.8. The van der Waals surface area contributed by atoms with Crippen LogP contribution in [0.15, 0.2) is 77.8 Å². The Labute approximate surface area is 195 Å². The number of hydrogen-bond donors (Lipinski definition) is 0. The number of pyridine rings is 1. The van der Waals surface area contributed by atoms with E-state index in [4.69, 9.17) is 14.7 Å². The van der Waals surface area contributed by atoms with E-state index in [9.17, 15) is 14.9 Å². The topological polar surface area (TPSA) is 97.9 Å². The number of non-ortho nitro benzene ring substituents is 1. The van der Waals surface area contributed by atoms with Crippen molar-refractivity contribution in [2.24, 2.45) is 4.99 Å². The second-order valence-electron chi connectivity index (χ2n) is 7.79. The highest BCUT2D eigenvalue weighted by atomic mass is 16.6. The highest BCUT2D eigenvalue weighted by molar-refractivity contribution is 6.23. The van der Waals surface area contributed by atoms with Crippen LogP contribution in [0.4, 0.5) is 22.9 Å². The van der Waals surface area contributed by atoms with E-state index in [0.29, 0.717) is 22.9 Å². The van der Waals surface area contributed by atoms with Crippen molar-refractivity contribution < 1.29 is 14.5 Å². The summed E-state index contributed by atoms with van der Waals surface area (Å²) in [6.45, 7) is 3.97. The molecule has 0 amide bonds. The molecule has 8 heteroatoms. The number of aryl methyl sites for hydroxylation is 1. The molecule has 0 unspecified atom stereocenters. The maximum atomic E-state index is 12.7. The Morgan fingerprint density at radius 3 is 2.47 bits per heavy atom. The summed E-state index contributed by atoms with van der Waals surface area (Å²) in [7, 11) is 0. The Kier molecular flexibility index (Phi) is 5.25. The Morgan fingerprint density at radius 2 is 1.79 bits per heavy atom. The van der Waals surface area contributed by atoms with Crippen LogP contribution in [-0.2, 0) is 4.74 Å². The largest absolute Gasteiger partial charge is 0.461 e. The first-order valence-corrected chi connectivity index (χ1v) is 10.8. The van der Waals surface area contributed by atoms with Gasteiger partial charge in [0.25, 0.3) is 5.69 Å². The van der Waals surface area contributed by atoms with Crippen LogP contribution in [0.1, 0.15) is 28.5 Å². The maximum absolute atomic E-state index is 12.7. The Hall–Kier alpha value is -4.59. The number of rotatable bonds is 5. The van der Waals surface area contributed by atoms with Crippen molar-refractivity contribution in [3.05, 3.63) is 99.7 Å². The number of hydrogen-bond acceptors (Lipinski definition) is 7. The Bertz CT molecular complexity index is 1460. The number of nitro groups is 1. The summed E-state index contributed by atoms with van der Waals surface area (Å²) < 4.78 is 5.24. The number of para-hydroxylation sites is 1. The molecule has 0 spiro atoms. The smallest absolute Gasteiger partial charge is 0.357 e. The number of carbonyl (C=O) groups excluding carboxylic acids is 1. The zero-order valence-electron chi connectivity index (χ0n) is 18.6. The fourth-order valence-electron chi connectivity index (χ4n) is 4.05. The van der Waals surface area contributed by atoms with E-state index in [1.165, 1.54) is 12.1 Å². The van der Waals surface area contributed by atoms with Gasteiger partial charge in [-0.25, -0.2) is 14.8 Å². The fourth-order valence-corrected chi connectivity index (χ4v) is 4.05. The van der Waals surface area contributed by atoms with Crippen molar-refractivity contribution in [3.63, 3.8) is 0 Å². The van der Waals surface area contributed by atoms with Crippen LogP contribution in [0.5, 0.6) is 0 Å². The Morgan fingerprint density at radius 1 is 1.06 bits per heavy atom. The fraction of sp³-hybridized carbons (Fsp3) is 0.115. The summed E-state index contributed by atoms with van der Waals surface area (Å²) >= 11 is 0. The van der Waals surface area contributed by atoms with Crippen LogP contribution in [0.2, 0.25) is 0 Å². The number of benzene rings is 3. The molecule has 0 atom stereocenters. The molecule has 8 nitrogen and oxygen atoms in total. The third-order valence-electron chi connectivity index (χ3n) is 5.66. The van der Waals surface area contributed by atoms with E-state index >= 15 is 0 Å². The summed E-state index contributed by atoms with van der Waals surface area (Å²) in [5.41, 5.74) is 3.36. The zero-order chi connectivity index (χ0) is 23.8. The summed E-state index contributed by atoms with van der Waals surface area (Å²) in [6, 6.07) is 21.4. The molecule has 0 N–H and O–H groups in total. The van der Waals surface area contributed by atoms with Gasteiger partial charge in [-0.15, -0.1) is 0 Å². The molecule has 2 heterocycles. The molecular weight excluding hydrogens is 432 g/mol. The SMILES string of the molecule is CCOC(=O)c1cc2c(C)ccc3c2c(n1)N(c1ccccc1)C(c1ccc([N+](=O)[O-])cc1)=N3. The third kappa shape index (κ3) is 3.55. The molecule has 0 saturated heterocycles. The minimum Gasteiger partial charge on any atom is -0.461 e. The van der Waals surface area contributed by atoms with Gasteiger partial charge in [-0.1, -0.05) is 24.3 Å². The molecular formula is C26H20N4O4. The van der Waals surface area contributed by atoms with Crippen LogP contribution in [-0.4, -0.2) is 28.3 Å². The molecule has 168 valence electrons. The number of aliphatic imine (C=N–C) groups is 1. The zero-order valence-corrected chi connectivity index (χ0v) is 18.6. The molecule has 4 aromatic rings. The average molecular weight is 452 g/mol. The molecule has 0 fully saturated rings. The van der Waals surface area contributed by atoms with Crippen LogP contribution in [0.3, 0.4) is 0 Å². The van der Waals surface area contributed by atoms with Gasteiger partial charge < -0.3 is 4.74 Å². The van der Waals surface area contributed by atoms with Gasteiger partial charge in [0.05, 0.1) is 22.6 Å². The van der Waals surface area contributed by atoms with E-state index in [-0.39, 0.29) is 18.0 Å². The second kappa shape index (κ2) is 8.40. The van der Waals surface area contributed by atoms with Gasteiger partial charge in [-0.2, -0.15) is 0 Å². The third-order valence-corrected chi connectivity index (χ3v) is 5.66. The molecule has 1 aliphatic heterocycles. The Balaban J connectivity index is 1.80. The highest BCUT2D eigenvalue weighted by Gasteiger charge is 2.29. The van der Waals surface area contributed by atoms with Crippen LogP contribution in [0, 0.1) is 17.0 Å². The number of esters is 1. The number of ether oxygens (including phenoxy) is 1. The van der Waals surface area contributed by atoms with Crippen molar-refractivity contribution in [1.29, 1.82) is 0 Å². The lowest BCUT2D eigenvalue weighted by Crippen LogP contribution is -2.30. The molecule has 0 radical (unpaired) electrons. The van der Waals surface area contributed by atoms with Crippen molar-refractivity contribution in [2.75, 3.05) is 11.5 Å².